The van der Waals surface area contributed by atoms with Gasteiger partial charge in [-0.2, -0.15) is 0 Å². The average molecular weight is 998 g/mol. The van der Waals surface area contributed by atoms with Gasteiger partial charge in [0.15, 0.2) is 0 Å². The number of hydrogen-bond acceptors (Lipinski definition) is 0. The fraction of sp³-hybridized carbons (Fsp3) is 1.00. The summed E-state index contributed by atoms with van der Waals surface area (Å²) in [6, 6.07) is 0. The van der Waals surface area contributed by atoms with Gasteiger partial charge in [0.1, 0.15) is 0 Å². The van der Waals surface area contributed by atoms with E-state index < -0.39 is 0 Å². The molecule has 0 aliphatic rings. The summed E-state index contributed by atoms with van der Waals surface area (Å²) in [6.45, 7) is 120. The topological polar surface area (TPSA) is 0 Å². The van der Waals surface area contributed by atoms with Crippen LogP contribution >= 0.6 is 0 Å². The molecule has 0 aliphatic carbocycles. The summed E-state index contributed by atoms with van der Waals surface area (Å²) in [5.41, 5.74) is 0. The molecule has 0 aromatic carbocycles. The minimum Gasteiger partial charge on any atom is -0.0776 e. The minimum absolute atomic E-state index is 0. The van der Waals surface area contributed by atoms with Crippen molar-refractivity contribution < 1.29 is 0 Å². The standard InChI is InChI=1S/30C2H6.6CH4/c30*1-2;;;;;;/h30*1-2H3;6*1H4. The molecule has 0 bridgehead atoms. The Morgan fingerprint density at radius 1 is 0.0455 bits per heavy atom. The van der Waals surface area contributed by atoms with Gasteiger partial charge in [0, 0.05) is 0 Å². The van der Waals surface area contributed by atoms with E-state index in [2.05, 4.69) is 0 Å². The molecule has 0 fully saturated rings. The molecule has 0 aromatic heterocycles. The first kappa shape index (κ1) is 310. The van der Waals surface area contributed by atoms with Crippen LogP contribution in [0, 0.1) is 0 Å². The quantitative estimate of drug-likeness (QED) is 0.227. The van der Waals surface area contributed by atoms with Crippen LogP contribution in [-0.2, 0) is 0 Å². The van der Waals surface area contributed by atoms with Crippen molar-refractivity contribution in [1.29, 1.82) is 0 Å². The Labute approximate surface area is 458 Å². The lowest BCUT2D eigenvalue weighted by Crippen LogP contribution is -0.856. The zero-order valence-electron chi connectivity index (χ0n) is 60.0. The molecular weight excluding hydrogens is 793 g/mol. The lowest BCUT2D eigenvalue weighted by Gasteiger charge is -1.07. The second-order valence-corrected chi connectivity index (χ2v) is 0. The summed E-state index contributed by atoms with van der Waals surface area (Å²) in [6.07, 6.45) is 0. The second-order valence-electron chi connectivity index (χ2n) is 0. The van der Waals surface area contributed by atoms with Gasteiger partial charge in [-0.1, -0.05) is 460 Å². The molecule has 0 rings (SSSR count). The van der Waals surface area contributed by atoms with Gasteiger partial charge >= 0.3 is 0 Å². The molecule has 0 radical (unpaired) electrons. The third-order valence-electron chi connectivity index (χ3n) is 0. The van der Waals surface area contributed by atoms with Crippen LogP contribution in [0.4, 0.5) is 0 Å². The van der Waals surface area contributed by atoms with E-state index in [1.54, 1.807) is 0 Å². The van der Waals surface area contributed by atoms with E-state index in [0.717, 1.165) is 0 Å². The van der Waals surface area contributed by atoms with Crippen molar-refractivity contribution in [1.82, 2.24) is 0 Å². The molecule has 0 aliphatic heterocycles. The molecule has 66 heavy (non-hydrogen) atoms. The van der Waals surface area contributed by atoms with Crippen LogP contribution in [-0.4, -0.2) is 0 Å². The molecule has 0 atom stereocenters. The zero-order valence-corrected chi connectivity index (χ0v) is 60.0. The third-order valence-corrected chi connectivity index (χ3v) is 0. The van der Waals surface area contributed by atoms with Crippen molar-refractivity contribution in [3.05, 3.63) is 0 Å². The first-order valence-corrected chi connectivity index (χ1v) is 30.0. The second kappa shape index (κ2) is 0. The lowest BCUT2D eigenvalue weighted by atomic mass is 11.0. The van der Waals surface area contributed by atoms with Crippen molar-refractivity contribution >= 4 is 0 Å². The summed E-state index contributed by atoms with van der Waals surface area (Å²) in [4.78, 5) is 0. The first-order valence-electron chi connectivity index (χ1n) is 30.0. The molecular formula is C66H204. The maximum absolute atomic E-state index is 2.00. The molecule has 0 amide bonds. The molecule has 0 heteroatoms. The first-order chi connectivity index (χ1) is 30.0. The van der Waals surface area contributed by atoms with Crippen LogP contribution in [0.25, 0.3) is 0 Å². The van der Waals surface area contributed by atoms with Gasteiger partial charge in [0.05, 0.1) is 0 Å². The molecule has 0 aromatic rings. The van der Waals surface area contributed by atoms with Crippen LogP contribution in [0.15, 0.2) is 0 Å². The van der Waals surface area contributed by atoms with E-state index in [1.807, 2.05) is 415 Å². The Morgan fingerprint density at radius 3 is 0.0455 bits per heavy atom. The van der Waals surface area contributed by atoms with Crippen LogP contribution in [0.3, 0.4) is 0 Å². The molecule has 0 heterocycles. The fourth-order valence-corrected chi connectivity index (χ4v) is 0. The largest absolute Gasteiger partial charge is 0.0776 e. The molecule has 0 saturated carbocycles. The maximum Gasteiger partial charge on any atom is -0.0683 e. The van der Waals surface area contributed by atoms with Crippen LogP contribution < -0.4 is 0 Å². The Hall–Kier alpha value is 0. The monoisotopic (exact) mass is 998 g/mol. The van der Waals surface area contributed by atoms with E-state index in [0.29, 0.717) is 0 Å². The van der Waals surface area contributed by atoms with Gasteiger partial charge in [-0.25, -0.2) is 0 Å². The molecule has 0 unspecified atom stereocenters. The van der Waals surface area contributed by atoms with Gasteiger partial charge in [-0.15, -0.1) is 0 Å². The SMILES string of the molecule is C.C.C.C.C.C.CC.CC.CC.CC.CC.CC.CC.CC.CC.CC.CC.CC.CC.CC.CC.CC.CC.CC.CC.CC.CC.CC.CC.CC.CC.CC.CC.CC.CC.CC. The molecule has 0 N–H and O–H groups in total. The highest BCUT2D eigenvalue weighted by atomic mass is 13.1. The third kappa shape index (κ3) is 0. The van der Waals surface area contributed by atoms with E-state index in [9.17, 15) is 0 Å². The molecule has 0 spiro atoms. The van der Waals surface area contributed by atoms with Crippen molar-refractivity contribution in [3.63, 3.8) is 0 Å². The van der Waals surface area contributed by atoms with Gasteiger partial charge < -0.3 is 0 Å². The number of hydrogen-bond donors (Lipinski definition) is 0. The maximum atomic E-state index is 2.00. The van der Waals surface area contributed by atoms with E-state index in [1.165, 1.54) is 0 Å². The highest BCUT2D eigenvalue weighted by Gasteiger charge is 0.990. The van der Waals surface area contributed by atoms with Crippen molar-refractivity contribution in [2.45, 2.75) is 460 Å². The van der Waals surface area contributed by atoms with Crippen LogP contribution in [0.5, 0.6) is 0 Å². The van der Waals surface area contributed by atoms with Gasteiger partial charge in [0.25, 0.3) is 0 Å². The lowest BCUT2D eigenvalue weighted by molar-refractivity contribution is 1.50. The summed E-state index contributed by atoms with van der Waals surface area (Å²) in [5.74, 6) is 0. The van der Waals surface area contributed by atoms with Crippen molar-refractivity contribution in [2.24, 2.45) is 0 Å². The summed E-state index contributed by atoms with van der Waals surface area (Å²) in [5, 5.41) is 0. The minimum atomic E-state index is 0. The normalized spacial score (nSPS) is 2.73. The van der Waals surface area contributed by atoms with Gasteiger partial charge in [0.2, 0.25) is 0 Å². The smallest absolute Gasteiger partial charge is 0.0683 e. The van der Waals surface area contributed by atoms with E-state index in [4.69, 9.17) is 0 Å². The predicted molar refractivity (Wildman–Crippen MR) is 381 cm³/mol. The predicted octanol–water partition coefficient (Wildman–Crippen LogP) is 34.6. The van der Waals surface area contributed by atoms with Gasteiger partial charge in [-0.05, 0) is 0 Å². The average Bonchev–Trinajstić information content (AvgIpc) is 3.50. The van der Waals surface area contributed by atoms with Crippen molar-refractivity contribution in [2.75, 3.05) is 0 Å². The summed E-state index contributed by atoms with van der Waals surface area (Å²) >= 11 is 0. The Bertz CT molecular complexity index is 0. The van der Waals surface area contributed by atoms with E-state index in [-0.39, 0.29) is 44.6 Å². The zero-order chi connectivity index (χ0) is 60.0. The van der Waals surface area contributed by atoms with Crippen molar-refractivity contribution in [3.8, 4) is 0 Å². The highest BCUT2D eigenvalue weighted by Crippen LogP contribution is 1.20. The molecule has 468 valence electrons. The Kier molecular flexibility index (Phi) is 0. The van der Waals surface area contributed by atoms with E-state index >= 15 is 0 Å². The Morgan fingerprint density at radius 2 is 0.0455 bits per heavy atom. The summed E-state index contributed by atoms with van der Waals surface area (Å²) in [7, 11) is 0. The highest BCUT2D eigenvalue weighted by molar-refractivity contribution is 3.56. The molecule has 0 saturated heterocycles. The Balaban J connectivity index is -0.00000000414. The fourth-order valence-electron chi connectivity index (χ4n) is 0. The molecule has 0 nitrogen and oxygen atoms in total. The van der Waals surface area contributed by atoms with Gasteiger partial charge in [-0.3, -0.25) is 0 Å². The number of rotatable bonds is 0. The van der Waals surface area contributed by atoms with Crippen LogP contribution in [0.1, 0.15) is 460 Å². The van der Waals surface area contributed by atoms with Crippen LogP contribution in [0.2, 0.25) is 0 Å². The summed E-state index contributed by atoms with van der Waals surface area (Å²) < 4.78 is 0.